The zero-order valence-corrected chi connectivity index (χ0v) is 13.3. The fourth-order valence-electron chi connectivity index (χ4n) is 2.69. The number of hydrogen-bond donors (Lipinski definition) is 2. The monoisotopic (exact) mass is 285 g/mol. The van der Waals surface area contributed by atoms with Gasteiger partial charge in [0.05, 0.1) is 5.54 Å². The van der Waals surface area contributed by atoms with Gasteiger partial charge in [-0.2, -0.15) is 0 Å². The van der Waals surface area contributed by atoms with E-state index in [1.807, 2.05) is 6.92 Å². The third-order valence-corrected chi connectivity index (χ3v) is 4.31. The molecule has 1 atom stereocenters. The van der Waals surface area contributed by atoms with E-state index in [1.54, 1.807) is 0 Å². The van der Waals surface area contributed by atoms with Gasteiger partial charge < -0.3 is 20.7 Å². The van der Waals surface area contributed by atoms with Crippen LogP contribution in [0.5, 0.6) is 0 Å². The van der Waals surface area contributed by atoms with Crippen LogP contribution in [0.1, 0.15) is 46.0 Å². The lowest BCUT2D eigenvalue weighted by Crippen LogP contribution is -2.53. The van der Waals surface area contributed by atoms with Gasteiger partial charge in [-0.1, -0.05) is 6.92 Å². The Morgan fingerprint density at radius 3 is 2.65 bits per heavy atom. The normalized spacial score (nSPS) is 20.0. The van der Waals surface area contributed by atoms with Crippen molar-refractivity contribution in [2.75, 3.05) is 33.4 Å². The number of rotatable bonds is 9. The maximum Gasteiger partial charge on any atom is 0.237 e. The van der Waals surface area contributed by atoms with E-state index in [1.165, 1.54) is 0 Å². The van der Waals surface area contributed by atoms with E-state index in [-0.39, 0.29) is 5.91 Å². The standard InChI is InChI=1S/C15H31N3O2/c1-4-9-17-15(2,14(16)19)8-5-10-18(3)13-6-11-20-12-7-13/h13,17H,4-12H2,1-3H3,(H2,16,19). The van der Waals surface area contributed by atoms with Crippen LogP contribution in [0.4, 0.5) is 0 Å². The van der Waals surface area contributed by atoms with Crippen LogP contribution in [0, 0.1) is 0 Å². The molecule has 1 rings (SSSR count). The number of carbonyl (C=O) groups excluding carboxylic acids is 1. The van der Waals surface area contributed by atoms with Gasteiger partial charge >= 0.3 is 0 Å². The molecule has 1 fully saturated rings. The highest BCUT2D eigenvalue weighted by Crippen LogP contribution is 2.16. The van der Waals surface area contributed by atoms with E-state index in [0.29, 0.717) is 6.04 Å². The number of nitrogens with one attached hydrogen (secondary N) is 1. The molecule has 1 heterocycles. The van der Waals surface area contributed by atoms with E-state index in [4.69, 9.17) is 10.5 Å². The second kappa shape index (κ2) is 8.60. The Hall–Kier alpha value is -0.650. The summed E-state index contributed by atoms with van der Waals surface area (Å²) >= 11 is 0. The summed E-state index contributed by atoms with van der Waals surface area (Å²) in [4.78, 5) is 14.0. The van der Waals surface area contributed by atoms with E-state index in [9.17, 15) is 4.79 Å². The lowest BCUT2D eigenvalue weighted by Gasteiger charge is -2.33. The predicted octanol–water partition coefficient (Wildman–Crippen LogP) is 1.12. The first-order valence-corrected chi connectivity index (χ1v) is 7.82. The van der Waals surface area contributed by atoms with Gasteiger partial charge in [0.2, 0.25) is 5.91 Å². The first-order chi connectivity index (χ1) is 9.49. The number of primary amides is 1. The molecule has 0 aromatic rings. The smallest absolute Gasteiger partial charge is 0.237 e. The second-order valence-corrected chi connectivity index (χ2v) is 6.05. The zero-order chi connectivity index (χ0) is 15.0. The Kier molecular flexibility index (Phi) is 7.48. The first-order valence-electron chi connectivity index (χ1n) is 7.82. The topological polar surface area (TPSA) is 67.6 Å². The molecule has 0 bridgehead atoms. The minimum Gasteiger partial charge on any atom is -0.381 e. The second-order valence-electron chi connectivity index (χ2n) is 6.05. The highest BCUT2D eigenvalue weighted by Gasteiger charge is 2.29. The summed E-state index contributed by atoms with van der Waals surface area (Å²) in [6.07, 6.45) is 4.99. The molecule has 1 saturated heterocycles. The molecule has 0 radical (unpaired) electrons. The third-order valence-electron chi connectivity index (χ3n) is 4.31. The molecule has 0 aromatic carbocycles. The van der Waals surface area contributed by atoms with Crippen molar-refractivity contribution < 1.29 is 9.53 Å². The van der Waals surface area contributed by atoms with Crippen LogP contribution >= 0.6 is 0 Å². The molecular formula is C15H31N3O2. The van der Waals surface area contributed by atoms with Crippen LogP contribution in [-0.4, -0.2) is 55.7 Å². The molecule has 0 saturated carbocycles. The largest absolute Gasteiger partial charge is 0.381 e. The molecule has 3 N–H and O–H groups in total. The highest BCUT2D eigenvalue weighted by atomic mass is 16.5. The van der Waals surface area contributed by atoms with Gasteiger partial charge in [0.1, 0.15) is 0 Å². The van der Waals surface area contributed by atoms with Crippen LogP contribution in [0.2, 0.25) is 0 Å². The minimum absolute atomic E-state index is 0.250. The van der Waals surface area contributed by atoms with Gasteiger partial charge in [-0.3, -0.25) is 4.79 Å². The Balaban J connectivity index is 2.33. The van der Waals surface area contributed by atoms with Crippen molar-refractivity contribution in [3.8, 4) is 0 Å². The van der Waals surface area contributed by atoms with Gasteiger partial charge in [0.25, 0.3) is 0 Å². The molecule has 1 amide bonds. The van der Waals surface area contributed by atoms with E-state index in [0.717, 1.165) is 58.4 Å². The molecule has 0 spiro atoms. The zero-order valence-electron chi connectivity index (χ0n) is 13.3. The van der Waals surface area contributed by atoms with E-state index >= 15 is 0 Å². The predicted molar refractivity (Wildman–Crippen MR) is 81.6 cm³/mol. The first kappa shape index (κ1) is 17.4. The molecular weight excluding hydrogens is 254 g/mol. The van der Waals surface area contributed by atoms with Gasteiger partial charge in [-0.05, 0) is 59.2 Å². The summed E-state index contributed by atoms with van der Waals surface area (Å²) in [6, 6.07) is 0.618. The number of amides is 1. The molecule has 5 heteroatoms. The van der Waals surface area contributed by atoms with Crippen molar-refractivity contribution >= 4 is 5.91 Å². The Morgan fingerprint density at radius 2 is 2.10 bits per heavy atom. The quantitative estimate of drug-likeness (QED) is 0.666. The molecule has 0 aromatic heterocycles. The lowest BCUT2D eigenvalue weighted by molar-refractivity contribution is -0.124. The Bertz CT molecular complexity index is 293. The molecule has 20 heavy (non-hydrogen) atoms. The van der Waals surface area contributed by atoms with Gasteiger partial charge in [0.15, 0.2) is 0 Å². The maximum absolute atomic E-state index is 11.6. The summed E-state index contributed by atoms with van der Waals surface area (Å²) in [6.45, 7) is 7.57. The average Bonchev–Trinajstić information content (AvgIpc) is 2.45. The van der Waals surface area contributed by atoms with Crippen LogP contribution in [0.25, 0.3) is 0 Å². The number of carbonyl (C=O) groups is 1. The van der Waals surface area contributed by atoms with Gasteiger partial charge in [0, 0.05) is 19.3 Å². The van der Waals surface area contributed by atoms with Gasteiger partial charge in [-0.25, -0.2) is 0 Å². The van der Waals surface area contributed by atoms with Crippen molar-refractivity contribution in [2.24, 2.45) is 5.73 Å². The molecule has 1 aliphatic heterocycles. The van der Waals surface area contributed by atoms with Crippen molar-refractivity contribution in [3.05, 3.63) is 0 Å². The molecule has 5 nitrogen and oxygen atoms in total. The Labute approximate surface area is 123 Å². The van der Waals surface area contributed by atoms with Crippen LogP contribution in [0.3, 0.4) is 0 Å². The fourth-order valence-corrected chi connectivity index (χ4v) is 2.69. The minimum atomic E-state index is -0.577. The molecule has 118 valence electrons. The fraction of sp³-hybridized carbons (Fsp3) is 0.933. The van der Waals surface area contributed by atoms with E-state index in [2.05, 4.69) is 24.2 Å². The lowest BCUT2D eigenvalue weighted by atomic mass is 9.94. The van der Waals surface area contributed by atoms with Gasteiger partial charge in [-0.15, -0.1) is 0 Å². The van der Waals surface area contributed by atoms with Crippen LogP contribution in [0.15, 0.2) is 0 Å². The average molecular weight is 285 g/mol. The number of nitrogens with zero attached hydrogens (tertiary/aromatic N) is 1. The molecule has 0 aliphatic carbocycles. The number of ether oxygens (including phenoxy) is 1. The van der Waals surface area contributed by atoms with E-state index < -0.39 is 5.54 Å². The summed E-state index contributed by atoms with van der Waals surface area (Å²) in [5.74, 6) is -0.250. The molecule has 1 aliphatic rings. The highest BCUT2D eigenvalue weighted by molar-refractivity contribution is 5.84. The van der Waals surface area contributed by atoms with Crippen molar-refractivity contribution in [3.63, 3.8) is 0 Å². The summed E-state index contributed by atoms with van der Waals surface area (Å²) in [5.41, 5.74) is 4.96. The third kappa shape index (κ3) is 5.38. The number of nitrogens with two attached hydrogens (primary N) is 1. The SMILES string of the molecule is CCCNC(C)(CCCN(C)C1CCOCC1)C(N)=O. The number of hydrogen-bond acceptors (Lipinski definition) is 4. The summed E-state index contributed by atoms with van der Waals surface area (Å²) in [5, 5.41) is 3.29. The van der Waals surface area contributed by atoms with Crippen molar-refractivity contribution in [2.45, 2.75) is 57.5 Å². The molecule has 1 unspecified atom stereocenters. The summed E-state index contributed by atoms with van der Waals surface area (Å²) < 4.78 is 5.39. The maximum atomic E-state index is 11.6. The Morgan fingerprint density at radius 1 is 1.45 bits per heavy atom. The van der Waals surface area contributed by atoms with Crippen molar-refractivity contribution in [1.82, 2.24) is 10.2 Å². The summed E-state index contributed by atoms with van der Waals surface area (Å²) in [7, 11) is 2.16. The van der Waals surface area contributed by atoms with Crippen molar-refractivity contribution in [1.29, 1.82) is 0 Å². The van der Waals surface area contributed by atoms with Crippen LogP contribution in [-0.2, 0) is 9.53 Å². The van der Waals surface area contributed by atoms with Crippen LogP contribution < -0.4 is 11.1 Å².